The van der Waals surface area contributed by atoms with Crippen LogP contribution in [0.1, 0.15) is 34.6 Å². The Hall–Kier alpha value is -4.69. The van der Waals surface area contributed by atoms with Crippen molar-refractivity contribution in [1.29, 1.82) is 0 Å². The molecule has 794 valence electrons. The SMILES string of the molecule is CC(=O)N[C@H]1[C@H](O[C@@H]([C@H](O)[C@H](CO)NC(C)=O)[C@H](O)CO)O[C@H](CO)[C@@H](O[C@@H]2O[C@H](CO[C@H]3O[C@H](CO)[C@@H](O)[C@H](O)[C@@H]3O[C@@H]3O[C@H](CO)[C@@H](O[C@@H]4O[C@H](CO)[C@H](O)[C@H](O)[C@H]4O)[C@H](O)[C@H]3NC(C)=O)[C@@H](O)[C@H](O[C@H]3O[C@H](CO)[C@@H](O[C@@H]4O[C@H](CO)[C@@H](O)[C@H](O[C@@H]5O[C@H](CO)[C@H](O)[C@H](O)[C@H]5O)[C@H]4NC(C)=O)[C@H](O)[C@@H]3O[C@@H]3O[C@H](CO)[C@@H](O[C@@H]4O[C@H](CO)[C@H](O)[C@H](O)[C@H]4O)[C@H](O)[C@H]3NC(C)=O)[C@@H]2O)[C@@H]1O. The molecule has 10 aliphatic rings. The van der Waals surface area contributed by atoms with E-state index in [4.69, 9.17) is 94.7 Å². The van der Waals surface area contributed by atoms with Crippen LogP contribution >= 0.6 is 0 Å². The molecule has 10 fully saturated rings. The molecular formula is C76H129N5O56. The Morgan fingerprint density at radius 2 is 0.526 bits per heavy atom. The highest BCUT2D eigenvalue weighted by atomic mass is 16.8. The van der Waals surface area contributed by atoms with Gasteiger partial charge in [-0.1, -0.05) is 0 Å². The first-order valence-corrected chi connectivity index (χ1v) is 43.6. The van der Waals surface area contributed by atoms with E-state index in [1.807, 2.05) is 0 Å². The molecule has 0 aromatic rings. The summed E-state index contributed by atoms with van der Waals surface area (Å²) in [4.78, 5) is 65.2. The Morgan fingerprint density at radius 1 is 0.248 bits per heavy atom. The Morgan fingerprint density at radius 3 is 0.905 bits per heavy atom. The predicted molar refractivity (Wildman–Crippen MR) is 423 cm³/mol. The minimum Gasteiger partial charge on any atom is -0.394 e. The molecule has 10 heterocycles. The predicted octanol–water partition coefficient (Wildman–Crippen LogP) is -24.6. The summed E-state index contributed by atoms with van der Waals surface area (Å²) in [6.45, 7) is -9.90. The lowest BCUT2D eigenvalue weighted by Crippen LogP contribution is -2.71. The van der Waals surface area contributed by atoms with Gasteiger partial charge >= 0.3 is 0 Å². The summed E-state index contributed by atoms with van der Waals surface area (Å²) in [5.41, 5.74) is 0. The number of ether oxygens (including phenoxy) is 20. The summed E-state index contributed by atoms with van der Waals surface area (Å²) in [5, 5.41) is 360. The maximum Gasteiger partial charge on any atom is 0.217 e. The van der Waals surface area contributed by atoms with Crippen LogP contribution in [0.4, 0.5) is 0 Å². The summed E-state index contributed by atoms with van der Waals surface area (Å²) >= 11 is 0. The zero-order valence-electron chi connectivity index (χ0n) is 73.7. The van der Waals surface area contributed by atoms with Crippen LogP contribution in [0, 0.1) is 0 Å². The summed E-state index contributed by atoms with van der Waals surface area (Å²) in [5.74, 6) is -5.01. The largest absolute Gasteiger partial charge is 0.394 e. The monoisotopic (exact) mass is 2010 g/mol. The van der Waals surface area contributed by atoms with E-state index in [1.165, 1.54) is 0 Å². The molecule has 61 nitrogen and oxygen atoms in total. The zero-order chi connectivity index (χ0) is 101. The lowest BCUT2D eigenvalue weighted by atomic mass is 9.93. The van der Waals surface area contributed by atoms with E-state index in [0.29, 0.717) is 0 Å². The van der Waals surface area contributed by atoms with Crippen molar-refractivity contribution in [2.75, 3.05) is 79.3 Å². The highest BCUT2D eigenvalue weighted by Gasteiger charge is 2.63. The summed E-state index contributed by atoms with van der Waals surface area (Å²) < 4.78 is 121. The standard InChI is InChI=1S/C76H129N5O56/c1-18(93)77-23(6-82)39(99)58(24(98)7-83)129-67-35(78-19(2)94)46(106)61(32(15-91)124-67)133-74-57(117)64(45(105)34(128-74)17-118-75-65(52(112)43(103)28(11-87)123-75)136-68-36(79-20(3)95)47(107)59(30(13-89)125-68)131-71-53(113)49(109)40(100)25(8-84)120-71)135-76-66(137-69-37(80-21(4)96)48(108)60(31(14-90)126-69)132-72-54(114)50(110)41(101)26(9-85)121-72)56(116)62(33(16-92)127-76)130-70-38(81-22(5)97)63(44(104)29(12-88)119-70)134-73-55(115)51(111)42(102)27(10-86)122-73/h23-76,82-92,98-117H,6-17H2,1-5H3,(H,77,93)(H,78,94)(H,79,95)(H,80,96)(H,81,97)/t23-,24+,25+,26+,27+,28+,29+,30+,31+,32+,33+,34+,35+,36+,37+,38+,39+,40-,41-,42-,43+,44+,45+,46+,47+,48+,49-,50-,51-,52-,53+,54+,55+,56-,57-,58+,59+,60+,61+,62+,63+,64-,65-,66-,67-,68-,69-,70-,71-,72-,73-,74-,75-,76+/m0/s1. The quantitative estimate of drug-likeness (QED) is 0.0271. The number of amides is 5. The van der Waals surface area contributed by atoms with Crippen molar-refractivity contribution in [2.45, 2.75) is 366 Å². The Balaban J connectivity index is 1.07. The van der Waals surface area contributed by atoms with Crippen molar-refractivity contribution in [2.24, 2.45) is 0 Å². The number of nitrogens with one attached hydrogen (secondary N) is 5. The minimum atomic E-state index is -2.78. The molecular weight excluding hydrogens is 1880 g/mol. The van der Waals surface area contributed by atoms with Gasteiger partial charge in [-0.3, -0.25) is 24.0 Å². The first-order valence-electron chi connectivity index (χ1n) is 43.6. The third-order valence-electron chi connectivity index (χ3n) is 24.6. The molecule has 5 amide bonds. The smallest absolute Gasteiger partial charge is 0.217 e. The fraction of sp³-hybridized carbons (Fsp3) is 0.934. The average Bonchev–Trinajstić information content (AvgIpc) is 0.995. The number of aliphatic hydroxyl groups is 31. The van der Waals surface area contributed by atoms with Gasteiger partial charge in [-0.05, 0) is 0 Å². The summed E-state index contributed by atoms with van der Waals surface area (Å²) in [6.07, 6.45) is -109. The van der Waals surface area contributed by atoms with Gasteiger partial charge in [-0.15, -0.1) is 0 Å². The van der Waals surface area contributed by atoms with Crippen LogP contribution < -0.4 is 26.6 Å². The van der Waals surface area contributed by atoms with Gasteiger partial charge in [0.1, 0.15) is 262 Å². The lowest BCUT2D eigenvalue weighted by molar-refractivity contribution is -0.406. The molecule has 0 aromatic carbocycles. The van der Waals surface area contributed by atoms with E-state index >= 15 is 0 Å². The normalized spacial score (nSPS) is 46.5. The van der Waals surface area contributed by atoms with Crippen molar-refractivity contribution in [3.63, 3.8) is 0 Å². The topological polar surface area (TPSA) is 957 Å². The lowest BCUT2D eigenvalue weighted by Gasteiger charge is -2.52. The van der Waals surface area contributed by atoms with E-state index in [-0.39, 0.29) is 0 Å². The van der Waals surface area contributed by atoms with Crippen LogP contribution in [0.25, 0.3) is 0 Å². The minimum absolute atomic E-state index is 0.857. The third-order valence-corrected chi connectivity index (χ3v) is 24.6. The van der Waals surface area contributed by atoms with Crippen molar-refractivity contribution in [3.8, 4) is 0 Å². The maximum absolute atomic E-state index is 13.4. The molecule has 10 rings (SSSR count). The van der Waals surface area contributed by atoms with E-state index in [2.05, 4.69) is 26.6 Å². The molecule has 0 saturated carbocycles. The molecule has 0 radical (unpaired) electrons. The number of hydrogen-bond acceptors (Lipinski definition) is 56. The molecule has 61 heteroatoms. The first kappa shape index (κ1) is 114. The van der Waals surface area contributed by atoms with E-state index in [1.54, 1.807) is 0 Å². The average molecular weight is 2010 g/mol. The second-order valence-electron chi connectivity index (χ2n) is 34.3. The molecule has 0 aromatic heterocycles. The number of carbonyl (C=O) groups is 5. The number of hydrogen-bond donors (Lipinski definition) is 36. The van der Waals surface area contributed by atoms with Gasteiger partial charge in [-0.25, -0.2) is 0 Å². The Kier molecular flexibility index (Phi) is 42.4. The molecule has 0 spiro atoms. The molecule has 0 bridgehead atoms. The second kappa shape index (κ2) is 50.9. The van der Waals surface area contributed by atoms with Gasteiger partial charge in [0, 0.05) is 34.6 Å². The van der Waals surface area contributed by atoms with Crippen molar-refractivity contribution in [3.05, 3.63) is 0 Å². The first-order chi connectivity index (χ1) is 64.8. The molecule has 54 atom stereocenters. The van der Waals surface area contributed by atoms with Crippen molar-refractivity contribution >= 4 is 29.5 Å². The van der Waals surface area contributed by atoms with Gasteiger partial charge in [-0.2, -0.15) is 0 Å². The number of carbonyl (C=O) groups excluding carboxylic acids is 5. The van der Waals surface area contributed by atoms with Crippen LogP contribution in [-0.2, 0) is 119 Å². The Labute approximate surface area is 776 Å². The zero-order valence-corrected chi connectivity index (χ0v) is 73.7. The maximum atomic E-state index is 13.4. The van der Waals surface area contributed by atoms with Crippen LogP contribution in [0.15, 0.2) is 0 Å². The van der Waals surface area contributed by atoms with Gasteiger partial charge in [0.15, 0.2) is 62.9 Å². The van der Waals surface area contributed by atoms with E-state index in [0.717, 1.165) is 34.6 Å². The highest BCUT2D eigenvalue weighted by molar-refractivity contribution is 5.75. The van der Waals surface area contributed by atoms with Gasteiger partial charge < -0.3 is 280 Å². The van der Waals surface area contributed by atoms with Crippen molar-refractivity contribution < 1.29 is 277 Å². The molecule has 10 saturated heterocycles. The second-order valence-corrected chi connectivity index (χ2v) is 34.3. The number of aliphatic hydroxyl groups excluding tert-OH is 31. The molecule has 137 heavy (non-hydrogen) atoms. The van der Waals surface area contributed by atoms with Gasteiger partial charge in [0.25, 0.3) is 0 Å². The number of rotatable bonds is 40. The van der Waals surface area contributed by atoms with Crippen LogP contribution in [-0.4, -0.2) is 598 Å². The van der Waals surface area contributed by atoms with E-state index in [9.17, 15) is 182 Å². The highest BCUT2D eigenvalue weighted by Crippen LogP contribution is 2.42. The van der Waals surface area contributed by atoms with Crippen LogP contribution in [0.5, 0.6) is 0 Å². The van der Waals surface area contributed by atoms with Crippen LogP contribution in [0.3, 0.4) is 0 Å². The fourth-order valence-corrected chi connectivity index (χ4v) is 17.4. The molecule has 10 aliphatic heterocycles. The Bertz CT molecular complexity index is 3730. The molecule has 0 unspecified atom stereocenters. The summed E-state index contributed by atoms with van der Waals surface area (Å²) in [6, 6.07) is -10.0. The fourth-order valence-electron chi connectivity index (χ4n) is 17.4. The van der Waals surface area contributed by atoms with E-state index < -0.39 is 440 Å². The third kappa shape index (κ3) is 26.1. The van der Waals surface area contributed by atoms with Gasteiger partial charge in [0.2, 0.25) is 29.5 Å². The van der Waals surface area contributed by atoms with Gasteiger partial charge in [0.05, 0.1) is 85.3 Å². The van der Waals surface area contributed by atoms with Crippen molar-refractivity contribution in [1.82, 2.24) is 26.6 Å². The van der Waals surface area contributed by atoms with Crippen LogP contribution in [0.2, 0.25) is 0 Å². The molecule has 36 N–H and O–H groups in total. The summed E-state index contributed by atoms with van der Waals surface area (Å²) in [7, 11) is 0. The molecule has 0 aliphatic carbocycles.